The summed E-state index contributed by atoms with van der Waals surface area (Å²) in [5.41, 5.74) is 12.1. The highest BCUT2D eigenvalue weighted by Crippen LogP contribution is 2.25. The maximum atomic E-state index is 10.8. The molecule has 0 radical (unpaired) electrons. The number of nitrogen functional groups attached to an aromatic ring is 1. The molecular weight excluding hydrogens is 194 g/mol. The number of hydrogen-bond acceptors (Lipinski definition) is 4. The van der Waals surface area contributed by atoms with Gasteiger partial charge in [0.2, 0.25) is 5.91 Å². The highest BCUT2D eigenvalue weighted by atomic mass is 16.5. The van der Waals surface area contributed by atoms with E-state index in [1.165, 1.54) is 7.11 Å². The SMILES string of the molecule is COc1cc(NC(C)C(N)=O)ccc1N. The van der Waals surface area contributed by atoms with Crippen molar-refractivity contribution in [2.45, 2.75) is 13.0 Å². The van der Waals surface area contributed by atoms with Crippen molar-refractivity contribution in [1.29, 1.82) is 0 Å². The lowest BCUT2D eigenvalue weighted by Gasteiger charge is -2.13. The molecule has 1 aromatic rings. The Morgan fingerprint density at radius 2 is 2.20 bits per heavy atom. The molecule has 1 aromatic carbocycles. The fourth-order valence-corrected chi connectivity index (χ4v) is 1.12. The van der Waals surface area contributed by atoms with Crippen LogP contribution in [0.15, 0.2) is 18.2 Å². The Kier molecular flexibility index (Phi) is 3.38. The molecule has 5 N–H and O–H groups in total. The first kappa shape index (κ1) is 11.2. The zero-order chi connectivity index (χ0) is 11.4. The van der Waals surface area contributed by atoms with Gasteiger partial charge in [-0.3, -0.25) is 4.79 Å². The van der Waals surface area contributed by atoms with Crippen molar-refractivity contribution in [3.05, 3.63) is 18.2 Å². The molecule has 1 amide bonds. The van der Waals surface area contributed by atoms with Crippen LogP contribution >= 0.6 is 0 Å². The van der Waals surface area contributed by atoms with Crippen molar-refractivity contribution >= 4 is 17.3 Å². The van der Waals surface area contributed by atoms with Gasteiger partial charge in [-0.25, -0.2) is 0 Å². The molecule has 0 aliphatic carbocycles. The average Bonchev–Trinajstić information content (AvgIpc) is 2.20. The molecule has 0 bridgehead atoms. The number of amides is 1. The van der Waals surface area contributed by atoms with E-state index in [4.69, 9.17) is 16.2 Å². The normalized spacial score (nSPS) is 11.9. The van der Waals surface area contributed by atoms with Crippen molar-refractivity contribution in [2.24, 2.45) is 5.73 Å². The number of carbonyl (C=O) groups is 1. The van der Waals surface area contributed by atoms with Gasteiger partial charge in [0.1, 0.15) is 11.8 Å². The van der Waals surface area contributed by atoms with Gasteiger partial charge in [-0.1, -0.05) is 0 Å². The number of ether oxygens (including phenoxy) is 1. The molecule has 0 aromatic heterocycles. The summed E-state index contributed by atoms with van der Waals surface area (Å²) in [5, 5.41) is 2.93. The topological polar surface area (TPSA) is 90.4 Å². The fraction of sp³-hybridized carbons (Fsp3) is 0.300. The van der Waals surface area contributed by atoms with E-state index in [0.29, 0.717) is 11.4 Å². The molecule has 0 heterocycles. The lowest BCUT2D eigenvalue weighted by molar-refractivity contribution is -0.118. The van der Waals surface area contributed by atoms with Crippen molar-refractivity contribution in [2.75, 3.05) is 18.2 Å². The third kappa shape index (κ3) is 2.77. The number of nitrogens with two attached hydrogens (primary N) is 2. The molecule has 0 saturated carbocycles. The number of anilines is 2. The molecule has 0 fully saturated rings. The van der Waals surface area contributed by atoms with Crippen LogP contribution in [0.5, 0.6) is 5.75 Å². The Morgan fingerprint density at radius 3 is 2.73 bits per heavy atom. The lowest BCUT2D eigenvalue weighted by atomic mass is 10.2. The number of benzene rings is 1. The number of primary amides is 1. The minimum absolute atomic E-state index is 0.411. The van der Waals surface area contributed by atoms with Gasteiger partial charge >= 0.3 is 0 Å². The van der Waals surface area contributed by atoms with Crippen molar-refractivity contribution in [1.82, 2.24) is 0 Å². The molecule has 5 heteroatoms. The first-order valence-electron chi connectivity index (χ1n) is 4.54. The average molecular weight is 209 g/mol. The van der Waals surface area contributed by atoms with E-state index in [-0.39, 0.29) is 0 Å². The monoisotopic (exact) mass is 209 g/mol. The lowest BCUT2D eigenvalue weighted by Crippen LogP contribution is -2.32. The van der Waals surface area contributed by atoms with E-state index in [1.54, 1.807) is 25.1 Å². The van der Waals surface area contributed by atoms with Crippen LogP contribution < -0.4 is 21.5 Å². The molecule has 0 saturated heterocycles. The van der Waals surface area contributed by atoms with E-state index in [2.05, 4.69) is 5.32 Å². The van der Waals surface area contributed by atoms with Crippen LogP contribution in [0, 0.1) is 0 Å². The first-order valence-corrected chi connectivity index (χ1v) is 4.54. The summed E-state index contributed by atoms with van der Waals surface area (Å²) < 4.78 is 5.05. The minimum Gasteiger partial charge on any atom is -0.495 e. The second kappa shape index (κ2) is 4.54. The molecular formula is C10H15N3O2. The molecule has 5 nitrogen and oxygen atoms in total. The summed E-state index contributed by atoms with van der Waals surface area (Å²) in [5.74, 6) is 0.155. The van der Waals surface area contributed by atoms with Crippen LogP contribution in [0.2, 0.25) is 0 Å². The van der Waals surface area contributed by atoms with Gasteiger partial charge in [0.05, 0.1) is 12.8 Å². The van der Waals surface area contributed by atoms with Crippen LogP contribution in [0.1, 0.15) is 6.92 Å². The standard InChI is InChI=1S/C10H15N3O2/c1-6(10(12)14)13-7-3-4-8(11)9(5-7)15-2/h3-6,13H,11H2,1-2H3,(H2,12,14). The predicted molar refractivity (Wildman–Crippen MR) is 59.7 cm³/mol. The van der Waals surface area contributed by atoms with E-state index in [9.17, 15) is 4.79 Å². The molecule has 0 spiro atoms. The van der Waals surface area contributed by atoms with Gasteiger partial charge < -0.3 is 21.5 Å². The van der Waals surface area contributed by atoms with Gasteiger partial charge in [-0.15, -0.1) is 0 Å². The zero-order valence-electron chi connectivity index (χ0n) is 8.78. The van der Waals surface area contributed by atoms with E-state index >= 15 is 0 Å². The molecule has 1 rings (SSSR count). The number of methoxy groups -OCH3 is 1. The van der Waals surface area contributed by atoms with E-state index < -0.39 is 11.9 Å². The van der Waals surface area contributed by atoms with E-state index in [0.717, 1.165) is 5.69 Å². The smallest absolute Gasteiger partial charge is 0.239 e. The van der Waals surface area contributed by atoms with Crippen molar-refractivity contribution in [3.8, 4) is 5.75 Å². The molecule has 15 heavy (non-hydrogen) atoms. The molecule has 82 valence electrons. The number of nitrogens with one attached hydrogen (secondary N) is 1. The van der Waals surface area contributed by atoms with Crippen LogP contribution in [-0.4, -0.2) is 19.1 Å². The predicted octanol–water partition coefficient (Wildman–Crippen LogP) is 0.563. The van der Waals surface area contributed by atoms with Crippen molar-refractivity contribution < 1.29 is 9.53 Å². The van der Waals surface area contributed by atoms with Gasteiger partial charge in [-0.05, 0) is 19.1 Å². The summed E-state index contributed by atoms with van der Waals surface area (Å²) >= 11 is 0. The third-order valence-electron chi connectivity index (χ3n) is 2.04. The van der Waals surface area contributed by atoms with Gasteiger partial charge in [0.25, 0.3) is 0 Å². The third-order valence-corrected chi connectivity index (χ3v) is 2.04. The number of carbonyl (C=O) groups excluding carboxylic acids is 1. The van der Waals surface area contributed by atoms with E-state index in [1.807, 2.05) is 0 Å². The second-order valence-corrected chi connectivity index (χ2v) is 3.23. The fourth-order valence-electron chi connectivity index (χ4n) is 1.12. The molecule has 1 atom stereocenters. The highest BCUT2D eigenvalue weighted by molar-refractivity contribution is 5.82. The maximum absolute atomic E-state index is 10.8. The molecule has 1 unspecified atom stereocenters. The molecule has 0 aliphatic rings. The quantitative estimate of drug-likeness (QED) is 0.632. The Hall–Kier alpha value is -1.91. The Labute approximate surface area is 88.4 Å². The Balaban J connectivity index is 2.83. The Morgan fingerprint density at radius 1 is 1.53 bits per heavy atom. The molecule has 0 aliphatic heterocycles. The van der Waals surface area contributed by atoms with Gasteiger partial charge in [0, 0.05) is 11.8 Å². The highest BCUT2D eigenvalue weighted by Gasteiger charge is 2.08. The van der Waals surface area contributed by atoms with Crippen molar-refractivity contribution in [3.63, 3.8) is 0 Å². The maximum Gasteiger partial charge on any atom is 0.239 e. The summed E-state index contributed by atoms with van der Waals surface area (Å²) in [4.78, 5) is 10.8. The minimum atomic E-state index is -0.432. The van der Waals surface area contributed by atoms with Crippen LogP contribution in [0.4, 0.5) is 11.4 Å². The summed E-state index contributed by atoms with van der Waals surface area (Å²) in [7, 11) is 1.53. The first-order chi connectivity index (χ1) is 7.04. The Bertz CT molecular complexity index is 366. The number of rotatable bonds is 4. The summed E-state index contributed by atoms with van der Waals surface area (Å²) in [6.07, 6.45) is 0. The summed E-state index contributed by atoms with van der Waals surface area (Å²) in [6.45, 7) is 1.69. The van der Waals surface area contributed by atoms with Crippen LogP contribution in [-0.2, 0) is 4.79 Å². The van der Waals surface area contributed by atoms with Crippen LogP contribution in [0.3, 0.4) is 0 Å². The number of hydrogen-bond donors (Lipinski definition) is 3. The zero-order valence-corrected chi connectivity index (χ0v) is 8.78. The largest absolute Gasteiger partial charge is 0.495 e. The summed E-state index contributed by atoms with van der Waals surface area (Å²) in [6, 6.07) is 4.75. The van der Waals surface area contributed by atoms with Gasteiger partial charge in [0.15, 0.2) is 0 Å². The second-order valence-electron chi connectivity index (χ2n) is 3.23. The van der Waals surface area contributed by atoms with Crippen LogP contribution in [0.25, 0.3) is 0 Å². The van der Waals surface area contributed by atoms with Gasteiger partial charge in [-0.2, -0.15) is 0 Å².